The van der Waals surface area contributed by atoms with Crippen LogP contribution in [0.3, 0.4) is 0 Å². The van der Waals surface area contributed by atoms with E-state index in [1.165, 1.54) is 5.56 Å². The zero-order chi connectivity index (χ0) is 15.3. The predicted molar refractivity (Wildman–Crippen MR) is 84.3 cm³/mol. The Kier molecular flexibility index (Phi) is 5.23. The summed E-state index contributed by atoms with van der Waals surface area (Å²) in [7, 11) is 0. The van der Waals surface area contributed by atoms with Gasteiger partial charge in [0.15, 0.2) is 0 Å². The van der Waals surface area contributed by atoms with Crippen molar-refractivity contribution in [2.45, 2.75) is 45.3 Å². The maximum Gasteiger partial charge on any atom is 0.407 e. The van der Waals surface area contributed by atoms with Crippen molar-refractivity contribution in [1.29, 1.82) is 0 Å². The van der Waals surface area contributed by atoms with Gasteiger partial charge in [-0.15, -0.1) is 0 Å². The van der Waals surface area contributed by atoms with E-state index in [-0.39, 0.29) is 12.1 Å². The van der Waals surface area contributed by atoms with Crippen LogP contribution >= 0.6 is 0 Å². The number of amides is 1. The number of hydrogen-bond donors (Lipinski definition) is 2. The number of benzene rings is 1. The molecule has 1 saturated heterocycles. The topological polar surface area (TPSA) is 50.4 Å². The van der Waals surface area contributed by atoms with Gasteiger partial charge in [-0.2, -0.15) is 0 Å². The number of ether oxygens (including phenoxy) is 1. The van der Waals surface area contributed by atoms with E-state index in [0.29, 0.717) is 5.92 Å². The number of aryl methyl sites for hydroxylation is 1. The third-order valence-electron chi connectivity index (χ3n) is 3.69. The molecule has 0 aromatic heterocycles. The lowest BCUT2D eigenvalue weighted by molar-refractivity contribution is 0.0496. The molecule has 0 aliphatic carbocycles. The second kappa shape index (κ2) is 6.94. The van der Waals surface area contributed by atoms with Gasteiger partial charge in [0.25, 0.3) is 0 Å². The Hall–Kier alpha value is -1.55. The molecule has 2 N–H and O–H groups in total. The summed E-state index contributed by atoms with van der Waals surface area (Å²) in [4.78, 5) is 11.9. The van der Waals surface area contributed by atoms with Crippen LogP contribution in [0, 0.1) is 5.92 Å². The number of rotatable bonds is 4. The summed E-state index contributed by atoms with van der Waals surface area (Å²) in [6.45, 7) is 7.41. The molecular weight excluding hydrogens is 264 g/mol. The predicted octanol–water partition coefficient (Wildman–Crippen LogP) is 2.73. The molecular formula is C17H26N2O2. The Labute approximate surface area is 127 Å². The largest absolute Gasteiger partial charge is 0.444 e. The Morgan fingerprint density at radius 2 is 2.00 bits per heavy atom. The molecule has 0 bridgehead atoms. The number of alkyl carbamates (subject to hydrolysis) is 1. The molecule has 1 aromatic carbocycles. The van der Waals surface area contributed by atoms with Crippen molar-refractivity contribution < 1.29 is 9.53 Å². The molecule has 4 heteroatoms. The molecule has 1 aromatic rings. The van der Waals surface area contributed by atoms with E-state index >= 15 is 0 Å². The van der Waals surface area contributed by atoms with Gasteiger partial charge in [-0.05, 0) is 45.1 Å². The van der Waals surface area contributed by atoms with E-state index in [0.717, 1.165) is 25.9 Å². The van der Waals surface area contributed by atoms with Crippen molar-refractivity contribution in [2.24, 2.45) is 5.92 Å². The average Bonchev–Trinajstić information content (AvgIpc) is 2.82. The van der Waals surface area contributed by atoms with Crippen LogP contribution in [0.15, 0.2) is 30.3 Å². The van der Waals surface area contributed by atoms with Gasteiger partial charge in [0.1, 0.15) is 5.60 Å². The summed E-state index contributed by atoms with van der Waals surface area (Å²) < 4.78 is 5.33. The van der Waals surface area contributed by atoms with Crippen LogP contribution in [0.4, 0.5) is 4.79 Å². The second-order valence-corrected chi connectivity index (χ2v) is 6.70. The summed E-state index contributed by atoms with van der Waals surface area (Å²) in [5.74, 6) is 0.456. The normalized spacial score (nSPS) is 22.0. The highest BCUT2D eigenvalue weighted by molar-refractivity contribution is 5.68. The molecule has 4 nitrogen and oxygen atoms in total. The third kappa shape index (κ3) is 5.38. The summed E-state index contributed by atoms with van der Waals surface area (Å²) in [5, 5.41) is 6.35. The molecule has 2 atom stereocenters. The van der Waals surface area contributed by atoms with Crippen LogP contribution in [0.25, 0.3) is 0 Å². The fourth-order valence-corrected chi connectivity index (χ4v) is 2.66. The van der Waals surface area contributed by atoms with E-state index < -0.39 is 5.60 Å². The highest BCUT2D eigenvalue weighted by Gasteiger charge is 2.29. The molecule has 0 radical (unpaired) electrons. The van der Waals surface area contributed by atoms with Gasteiger partial charge >= 0.3 is 6.09 Å². The maximum atomic E-state index is 11.9. The van der Waals surface area contributed by atoms with Crippen molar-refractivity contribution in [2.75, 3.05) is 13.1 Å². The lowest BCUT2D eigenvalue weighted by Crippen LogP contribution is -2.43. The second-order valence-electron chi connectivity index (χ2n) is 6.70. The molecule has 21 heavy (non-hydrogen) atoms. The molecule has 1 aliphatic heterocycles. The van der Waals surface area contributed by atoms with Crippen molar-refractivity contribution >= 4 is 6.09 Å². The van der Waals surface area contributed by atoms with Crippen LogP contribution in [-0.4, -0.2) is 30.8 Å². The SMILES string of the molecule is CC(C)(C)OC(=O)N[C@H]1CNC[C@@H]1CCc1ccccc1. The number of nitrogens with one attached hydrogen (secondary N) is 2. The molecule has 2 rings (SSSR count). The van der Waals surface area contributed by atoms with Crippen molar-refractivity contribution in [3.05, 3.63) is 35.9 Å². The first kappa shape index (κ1) is 15.8. The number of hydrogen-bond acceptors (Lipinski definition) is 3. The minimum absolute atomic E-state index is 0.156. The Bertz CT molecular complexity index is 454. The van der Waals surface area contributed by atoms with Gasteiger partial charge < -0.3 is 15.4 Å². The lowest BCUT2D eigenvalue weighted by atomic mass is 9.95. The minimum Gasteiger partial charge on any atom is -0.444 e. The minimum atomic E-state index is -0.449. The molecule has 116 valence electrons. The summed E-state index contributed by atoms with van der Waals surface area (Å²) in [5.41, 5.74) is 0.899. The van der Waals surface area contributed by atoms with E-state index in [1.807, 2.05) is 26.8 Å². The van der Waals surface area contributed by atoms with Crippen LogP contribution in [-0.2, 0) is 11.2 Å². The fourth-order valence-electron chi connectivity index (χ4n) is 2.66. The highest BCUT2D eigenvalue weighted by atomic mass is 16.6. The van der Waals surface area contributed by atoms with E-state index in [2.05, 4.69) is 34.9 Å². The van der Waals surface area contributed by atoms with Gasteiger partial charge in [-0.1, -0.05) is 30.3 Å². The van der Waals surface area contributed by atoms with Crippen LogP contribution in [0.2, 0.25) is 0 Å². The van der Waals surface area contributed by atoms with Crippen LogP contribution in [0.5, 0.6) is 0 Å². The smallest absolute Gasteiger partial charge is 0.407 e. The van der Waals surface area contributed by atoms with Gasteiger partial charge in [-0.3, -0.25) is 0 Å². The first-order valence-corrected chi connectivity index (χ1v) is 7.68. The molecule has 1 heterocycles. The van der Waals surface area contributed by atoms with Crippen molar-refractivity contribution in [3.8, 4) is 0 Å². The standard InChI is InChI=1S/C17H26N2O2/c1-17(2,3)21-16(20)19-15-12-18-11-14(15)10-9-13-7-5-4-6-8-13/h4-8,14-15,18H,9-12H2,1-3H3,(H,19,20)/t14-,15-/m0/s1. The molecule has 0 unspecified atom stereocenters. The van der Waals surface area contributed by atoms with E-state index in [9.17, 15) is 4.79 Å². The van der Waals surface area contributed by atoms with Crippen LogP contribution in [0.1, 0.15) is 32.8 Å². The maximum absolute atomic E-state index is 11.9. The van der Waals surface area contributed by atoms with E-state index in [1.54, 1.807) is 0 Å². The Balaban J connectivity index is 1.81. The lowest BCUT2D eigenvalue weighted by Gasteiger charge is -2.24. The fraction of sp³-hybridized carbons (Fsp3) is 0.588. The molecule has 1 fully saturated rings. The quantitative estimate of drug-likeness (QED) is 0.896. The zero-order valence-electron chi connectivity index (χ0n) is 13.2. The first-order chi connectivity index (χ1) is 9.94. The summed E-state index contributed by atoms with van der Waals surface area (Å²) in [6, 6.07) is 10.6. The monoisotopic (exact) mass is 290 g/mol. The first-order valence-electron chi connectivity index (χ1n) is 7.68. The molecule has 1 aliphatic rings. The average molecular weight is 290 g/mol. The number of carbonyl (C=O) groups is 1. The van der Waals surface area contributed by atoms with Crippen molar-refractivity contribution in [3.63, 3.8) is 0 Å². The third-order valence-corrected chi connectivity index (χ3v) is 3.69. The Morgan fingerprint density at radius 3 is 2.67 bits per heavy atom. The van der Waals surface area contributed by atoms with Crippen LogP contribution < -0.4 is 10.6 Å². The van der Waals surface area contributed by atoms with Gasteiger partial charge in [0.2, 0.25) is 0 Å². The Morgan fingerprint density at radius 1 is 1.29 bits per heavy atom. The van der Waals surface area contributed by atoms with Crippen molar-refractivity contribution in [1.82, 2.24) is 10.6 Å². The van der Waals surface area contributed by atoms with E-state index in [4.69, 9.17) is 4.74 Å². The molecule has 1 amide bonds. The van der Waals surface area contributed by atoms with Gasteiger partial charge in [0, 0.05) is 19.1 Å². The highest BCUT2D eigenvalue weighted by Crippen LogP contribution is 2.17. The zero-order valence-corrected chi connectivity index (χ0v) is 13.2. The van der Waals surface area contributed by atoms with Gasteiger partial charge in [0.05, 0.1) is 0 Å². The number of carbonyl (C=O) groups excluding carboxylic acids is 1. The molecule has 0 spiro atoms. The summed E-state index contributed by atoms with van der Waals surface area (Å²) >= 11 is 0. The summed E-state index contributed by atoms with van der Waals surface area (Å²) in [6.07, 6.45) is 1.79. The van der Waals surface area contributed by atoms with Gasteiger partial charge in [-0.25, -0.2) is 4.79 Å². The molecule has 0 saturated carbocycles.